The molecule has 0 aliphatic carbocycles. The number of hydrogen-bond acceptors (Lipinski definition) is 4. The minimum atomic E-state index is -3.75. The van der Waals surface area contributed by atoms with Gasteiger partial charge in [-0.3, -0.25) is 9.59 Å². The fourth-order valence-electron chi connectivity index (χ4n) is 3.13. The van der Waals surface area contributed by atoms with Gasteiger partial charge in [0, 0.05) is 37.3 Å². The van der Waals surface area contributed by atoms with Crippen molar-refractivity contribution in [2.24, 2.45) is 5.73 Å². The molecule has 0 bridgehead atoms. The van der Waals surface area contributed by atoms with Crippen molar-refractivity contribution in [1.82, 2.24) is 9.21 Å². The second-order valence-electron chi connectivity index (χ2n) is 6.51. The van der Waals surface area contributed by atoms with E-state index in [2.05, 4.69) is 0 Å². The molecule has 2 rings (SSSR count). The molecule has 1 fully saturated rings. The van der Waals surface area contributed by atoms with Crippen molar-refractivity contribution in [1.29, 1.82) is 0 Å². The highest BCUT2D eigenvalue weighted by atomic mass is 35.5. The zero-order valence-corrected chi connectivity index (χ0v) is 17.4. The molecule has 2 amide bonds. The Hall–Kier alpha value is -1.64. The fourth-order valence-corrected chi connectivity index (χ4v) is 4.72. The summed E-state index contributed by atoms with van der Waals surface area (Å²) in [4.78, 5) is 26.2. The quantitative estimate of drug-likeness (QED) is 0.700. The summed E-state index contributed by atoms with van der Waals surface area (Å²) in [6.45, 7) is 5.98. The molecule has 1 aromatic rings. The zero-order chi connectivity index (χ0) is 19.3. The zero-order valence-electron chi connectivity index (χ0n) is 15.8. The van der Waals surface area contributed by atoms with Gasteiger partial charge in [-0.2, -0.15) is 4.31 Å². The minimum Gasteiger partial charge on any atom is -0.366 e. The van der Waals surface area contributed by atoms with E-state index in [-0.39, 0.29) is 34.3 Å². The largest absolute Gasteiger partial charge is 0.366 e. The highest BCUT2D eigenvalue weighted by molar-refractivity contribution is 7.89. The second kappa shape index (κ2) is 10.1. The van der Waals surface area contributed by atoms with Gasteiger partial charge in [0.1, 0.15) is 0 Å². The van der Waals surface area contributed by atoms with Crippen LogP contribution in [0.3, 0.4) is 0 Å². The summed E-state index contributed by atoms with van der Waals surface area (Å²) in [5.74, 6) is -1.04. The molecular formula is C18H28ClN3O4S. The van der Waals surface area contributed by atoms with Gasteiger partial charge < -0.3 is 10.6 Å². The first kappa shape index (κ1) is 23.4. The van der Waals surface area contributed by atoms with Gasteiger partial charge in [0.05, 0.1) is 4.90 Å². The number of carbonyl (C=O) groups excluding carboxylic acids is 2. The van der Waals surface area contributed by atoms with Crippen molar-refractivity contribution in [2.75, 3.05) is 26.2 Å². The van der Waals surface area contributed by atoms with E-state index in [1.54, 1.807) is 4.90 Å². The lowest BCUT2D eigenvalue weighted by Gasteiger charge is -2.22. The summed E-state index contributed by atoms with van der Waals surface area (Å²) in [6, 6.07) is 4.00. The average molecular weight is 418 g/mol. The van der Waals surface area contributed by atoms with Crippen molar-refractivity contribution in [3.63, 3.8) is 0 Å². The Labute approximate surface area is 167 Å². The summed E-state index contributed by atoms with van der Waals surface area (Å²) in [5, 5.41) is 0. The molecule has 1 aromatic carbocycles. The number of sulfonamides is 1. The number of carbonyl (C=O) groups is 2. The van der Waals surface area contributed by atoms with E-state index in [9.17, 15) is 18.0 Å². The first-order valence-electron chi connectivity index (χ1n) is 9.05. The van der Waals surface area contributed by atoms with E-state index < -0.39 is 15.9 Å². The minimum absolute atomic E-state index is 0. The summed E-state index contributed by atoms with van der Waals surface area (Å²) in [7, 11) is -3.75. The molecule has 1 aliphatic rings. The third-order valence-electron chi connectivity index (χ3n) is 4.42. The lowest BCUT2D eigenvalue weighted by atomic mass is 10.1. The van der Waals surface area contributed by atoms with Crippen molar-refractivity contribution < 1.29 is 18.0 Å². The third kappa shape index (κ3) is 5.43. The topological polar surface area (TPSA) is 101 Å². The predicted molar refractivity (Wildman–Crippen MR) is 107 cm³/mol. The molecule has 9 heteroatoms. The Morgan fingerprint density at radius 3 is 2.04 bits per heavy atom. The van der Waals surface area contributed by atoms with Crippen LogP contribution in [0.4, 0.5) is 0 Å². The van der Waals surface area contributed by atoms with Crippen LogP contribution in [0.15, 0.2) is 23.1 Å². The average Bonchev–Trinajstić information content (AvgIpc) is 3.16. The number of hydrogen-bond donors (Lipinski definition) is 1. The molecule has 0 spiro atoms. The van der Waals surface area contributed by atoms with Crippen LogP contribution in [0.25, 0.3) is 0 Å². The predicted octanol–water partition coefficient (Wildman–Crippen LogP) is 2.25. The molecule has 0 unspecified atom stereocenters. The van der Waals surface area contributed by atoms with Gasteiger partial charge in [0.15, 0.2) is 0 Å². The van der Waals surface area contributed by atoms with E-state index in [1.165, 1.54) is 22.5 Å². The first-order valence-corrected chi connectivity index (χ1v) is 10.5. The highest BCUT2D eigenvalue weighted by Gasteiger charge is 2.29. The number of benzene rings is 1. The van der Waals surface area contributed by atoms with Crippen LogP contribution in [-0.4, -0.2) is 55.6 Å². The summed E-state index contributed by atoms with van der Waals surface area (Å²) < 4.78 is 27.1. The molecule has 27 heavy (non-hydrogen) atoms. The Bertz CT molecular complexity index is 771. The molecule has 0 saturated carbocycles. The molecule has 0 atom stereocenters. The molecule has 0 radical (unpaired) electrons. The van der Waals surface area contributed by atoms with Crippen LogP contribution in [0, 0.1) is 0 Å². The fraction of sp³-hybridized carbons (Fsp3) is 0.556. The molecular weight excluding hydrogens is 390 g/mol. The molecule has 0 aromatic heterocycles. The number of rotatable bonds is 8. The van der Waals surface area contributed by atoms with Gasteiger partial charge in [-0.15, -0.1) is 12.4 Å². The van der Waals surface area contributed by atoms with Crippen LogP contribution < -0.4 is 5.73 Å². The van der Waals surface area contributed by atoms with E-state index in [0.717, 1.165) is 25.7 Å². The van der Waals surface area contributed by atoms with E-state index in [1.807, 2.05) is 13.8 Å². The first-order chi connectivity index (χ1) is 12.3. The van der Waals surface area contributed by atoms with Crippen LogP contribution in [0.5, 0.6) is 0 Å². The third-order valence-corrected chi connectivity index (χ3v) is 6.29. The molecule has 7 nitrogen and oxygen atoms in total. The lowest BCUT2D eigenvalue weighted by Crippen LogP contribution is -2.33. The van der Waals surface area contributed by atoms with Crippen LogP contribution in [-0.2, 0) is 10.0 Å². The molecule has 2 N–H and O–H groups in total. The number of nitrogens with two attached hydrogens (primary N) is 1. The van der Waals surface area contributed by atoms with Gasteiger partial charge in [-0.1, -0.05) is 13.8 Å². The second-order valence-corrected chi connectivity index (χ2v) is 8.45. The Balaban J connectivity index is 0.00000364. The summed E-state index contributed by atoms with van der Waals surface area (Å²) in [6.07, 6.45) is 3.20. The normalized spacial score (nSPS) is 14.6. The number of primary amides is 1. The van der Waals surface area contributed by atoms with Crippen molar-refractivity contribution in [2.45, 2.75) is 44.4 Å². The monoisotopic (exact) mass is 417 g/mol. The maximum Gasteiger partial charge on any atom is 0.253 e. The Kier molecular flexibility index (Phi) is 8.71. The summed E-state index contributed by atoms with van der Waals surface area (Å²) >= 11 is 0. The number of nitrogens with zero attached hydrogens (tertiary/aromatic N) is 2. The SMILES string of the molecule is CCCN(CCC)C(=O)c1cc(C(N)=O)cc(S(=O)(=O)N2CCCC2)c1.Cl. The summed E-state index contributed by atoms with van der Waals surface area (Å²) in [5.41, 5.74) is 5.58. The van der Waals surface area contributed by atoms with Gasteiger partial charge in [0.25, 0.3) is 5.91 Å². The Morgan fingerprint density at radius 1 is 1.04 bits per heavy atom. The van der Waals surface area contributed by atoms with Gasteiger partial charge in [-0.05, 0) is 43.9 Å². The number of amides is 2. The molecule has 152 valence electrons. The van der Waals surface area contributed by atoms with Crippen LogP contribution in [0.2, 0.25) is 0 Å². The van der Waals surface area contributed by atoms with E-state index in [4.69, 9.17) is 5.73 Å². The van der Waals surface area contributed by atoms with Crippen LogP contribution in [0.1, 0.15) is 60.2 Å². The van der Waals surface area contributed by atoms with Crippen molar-refractivity contribution in [3.8, 4) is 0 Å². The smallest absolute Gasteiger partial charge is 0.253 e. The highest BCUT2D eigenvalue weighted by Crippen LogP contribution is 2.24. The Morgan fingerprint density at radius 2 is 1.56 bits per heavy atom. The van der Waals surface area contributed by atoms with Gasteiger partial charge in [-0.25, -0.2) is 8.42 Å². The molecule has 1 aliphatic heterocycles. The lowest BCUT2D eigenvalue weighted by molar-refractivity contribution is 0.0755. The van der Waals surface area contributed by atoms with Crippen molar-refractivity contribution in [3.05, 3.63) is 29.3 Å². The molecule has 1 saturated heterocycles. The van der Waals surface area contributed by atoms with Gasteiger partial charge in [0.2, 0.25) is 15.9 Å². The van der Waals surface area contributed by atoms with Gasteiger partial charge >= 0.3 is 0 Å². The van der Waals surface area contributed by atoms with E-state index in [0.29, 0.717) is 26.2 Å². The maximum atomic E-state index is 12.9. The molecule has 1 heterocycles. The maximum absolute atomic E-state index is 12.9. The van der Waals surface area contributed by atoms with E-state index >= 15 is 0 Å². The number of halogens is 1. The standard InChI is InChI=1S/C18H27N3O4S.ClH/c1-3-7-20(8-4-2)18(23)15-11-14(17(19)22)12-16(13-15)26(24,25)21-9-5-6-10-21;/h11-13H,3-10H2,1-2H3,(H2,19,22);1H. The van der Waals surface area contributed by atoms with Crippen molar-refractivity contribution >= 4 is 34.2 Å². The van der Waals surface area contributed by atoms with Crippen LogP contribution >= 0.6 is 12.4 Å².